The molecule has 0 saturated carbocycles. The van der Waals surface area contributed by atoms with E-state index < -0.39 is 5.60 Å². The van der Waals surface area contributed by atoms with Gasteiger partial charge in [0.1, 0.15) is 11.4 Å². The normalized spacial score (nSPS) is 11.7. The van der Waals surface area contributed by atoms with Crippen LogP contribution in [0.3, 0.4) is 0 Å². The molecule has 0 aliphatic heterocycles. The van der Waals surface area contributed by atoms with Crippen molar-refractivity contribution in [3.63, 3.8) is 0 Å². The number of aliphatic hydroxyl groups is 1. The van der Waals surface area contributed by atoms with Gasteiger partial charge in [0.15, 0.2) is 0 Å². The molecule has 0 aliphatic rings. The summed E-state index contributed by atoms with van der Waals surface area (Å²) in [4.78, 5) is 12.5. The minimum atomic E-state index is -0.838. The summed E-state index contributed by atoms with van der Waals surface area (Å²) in [5, 5.41) is 17.7. The zero-order valence-electron chi connectivity index (χ0n) is 14.1. The summed E-state index contributed by atoms with van der Waals surface area (Å²) in [6, 6.07) is 3.80. The maximum absolute atomic E-state index is 12.5. The summed E-state index contributed by atoms with van der Waals surface area (Å²) in [5.41, 5.74) is -0.339. The molecule has 1 amide bonds. The Kier molecular flexibility index (Phi) is 5.60. The predicted molar refractivity (Wildman–Crippen MR) is 89.6 cm³/mol. The molecule has 0 atom stereocenters. The van der Waals surface area contributed by atoms with Gasteiger partial charge in [-0.3, -0.25) is 9.48 Å². The lowest BCUT2D eigenvalue weighted by Crippen LogP contribution is -2.43. The van der Waals surface area contributed by atoms with Gasteiger partial charge in [0, 0.05) is 26.0 Å². The van der Waals surface area contributed by atoms with Crippen molar-refractivity contribution in [1.82, 2.24) is 19.7 Å². The van der Waals surface area contributed by atoms with Gasteiger partial charge in [-0.2, -0.15) is 5.10 Å². The maximum Gasteiger partial charge on any atom is 0.256 e. The molecule has 0 spiro atoms. The number of carbonyl (C=O) groups excluding carboxylic acids is 1. The smallest absolute Gasteiger partial charge is 0.256 e. The van der Waals surface area contributed by atoms with Crippen LogP contribution in [-0.4, -0.2) is 37.5 Å². The van der Waals surface area contributed by atoms with Gasteiger partial charge in [-0.25, -0.2) is 0 Å². The van der Waals surface area contributed by atoms with Crippen LogP contribution in [0.2, 0.25) is 0 Å². The van der Waals surface area contributed by atoms with Gasteiger partial charge in [-0.15, -0.1) is 0 Å². The first kappa shape index (κ1) is 17.3. The lowest BCUT2D eigenvalue weighted by molar-refractivity contribution is 0.0213. The molecule has 2 heterocycles. The molecule has 0 aliphatic carbocycles. The number of carbonyl (C=O) groups is 1. The predicted octanol–water partition coefficient (Wildman–Crippen LogP) is 2.27. The first-order valence-electron chi connectivity index (χ1n) is 8.16. The molecule has 0 unspecified atom stereocenters. The number of nitrogens with one attached hydrogen (secondary N) is 1. The van der Waals surface area contributed by atoms with Crippen LogP contribution >= 0.6 is 0 Å². The van der Waals surface area contributed by atoms with Crippen LogP contribution in [0.15, 0.2) is 30.7 Å². The summed E-state index contributed by atoms with van der Waals surface area (Å²) >= 11 is 0. The number of aryl methyl sites for hydroxylation is 1. The molecule has 0 saturated heterocycles. The monoisotopic (exact) mass is 318 g/mol. The quantitative estimate of drug-likeness (QED) is 0.784. The van der Waals surface area contributed by atoms with Gasteiger partial charge in [-0.1, -0.05) is 26.7 Å². The molecule has 0 aromatic carbocycles. The molecule has 2 rings (SSSR count). The van der Waals surface area contributed by atoms with Gasteiger partial charge in [-0.05, 0) is 25.0 Å². The van der Waals surface area contributed by atoms with Crippen LogP contribution in [0, 0.1) is 0 Å². The van der Waals surface area contributed by atoms with E-state index in [-0.39, 0.29) is 12.5 Å². The SMILES string of the molecule is CCCC(O)(CCC)CNC(=O)c1cnn(C)c1-n1cccc1. The number of amides is 1. The summed E-state index contributed by atoms with van der Waals surface area (Å²) < 4.78 is 3.52. The molecule has 0 bridgehead atoms. The fraction of sp³-hybridized carbons (Fsp3) is 0.529. The Morgan fingerprint density at radius 1 is 1.26 bits per heavy atom. The molecule has 0 fully saturated rings. The molecular weight excluding hydrogens is 292 g/mol. The highest BCUT2D eigenvalue weighted by Crippen LogP contribution is 2.19. The molecule has 2 N–H and O–H groups in total. The first-order chi connectivity index (χ1) is 11.0. The Bertz CT molecular complexity index is 625. The number of nitrogens with zero attached hydrogens (tertiary/aromatic N) is 3. The van der Waals surface area contributed by atoms with E-state index in [1.54, 1.807) is 17.9 Å². The average molecular weight is 318 g/mol. The number of hydrogen-bond acceptors (Lipinski definition) is 3. The lowest BCUT2D eigenvalue weighted by atomic mass is 9.92. The molecular formula is C17H26N4O2. The third-order valence-corrected chi connectivity index (χ3v) is 4.01. The van der Waals surface area contributed by atoms with Crippen molar-refractivity contribution in [2.45, 2.75) is 45.1 Å². The lowest BCUT2D eigenvalue weighted by Gasteiger charge is -2.27. The van der Waals surface area contributed by atoms with Crippen LogP contribution < -0.4 is 5.32 Å². The van der Waals surface area contributed by atoms with E-state index in [4.69, 9.17) is 0 Å². The zero-order valence-corrected chi connectivity index (χ0v) is 14.1. The van der Waals surface area contributed by atoms with E-state index in [1.807, 2.05) is 42.9 Å². The standard InChI is InChI=1S/C17H26N4O2/c1-4-8-17(23,9-5-2)13-18-15(22)14-12-19-20(3)16(14)21-10-6-7-11-21/h6-7,10-12,23H,4-5,8-9,13H2,1-3H3,(H,18,22). The van der Waals surface area contributed by atoms with E-state index in [9.17, 15) is 9.90 Å². The Labute approximate surface area is 137 Å². The van der Waals surface area contributed by atoms with Gasteiger partial charge >= 0.3 is 0 Å². The van der Waals surface area contributed by atoms with Crippen LogP contribution in [0.25, 0.3) is 5.82 Å². The second-order valence-electron chi connectivity index (χ2n) is 6.00. The first-order valence-corrected chi connectivity index (χ1v) is 8.16. The van der Waals surface area contributed by atoms with Crippen molar-refractivity contribution >= 4 is 5.91 Å². The summed E-state index contributed by atoms with van der Waals surface area (Å²) in [5.74, 6) is 0.495. The number of aromatic nitrogens is 3. The van der Waals surface area contributed by atoms with Crippen molar-refractivity contribution in [3.05, 3.63) is 36.3 Å². The highest BCUT2D eigenvalue weighted by atomic mass is 16.3. The van der Waals surface area contributed by atoms with E-state index in [0.717, 1.165) is 12.8 Å². The molecule has 6 heteroatoms. The molecule has 23 heavy (non-hydrogen) atoms. The number of hydrogen-bond donors (Lipinski definition) is 2. The van der Waals surface area contributed by atoms with Crippen LogP contribution in [0.4, 0.5) is 0 Å². The second kappa shape index (κ2) is 7.46. The maximum atomic E-state index is 12.5. The molecule has 6 nitrogen and oxygen atoms in total. The van der Waals surface area contributed by atoms with E-state index in [0.29, 0.717) is 24.2 Å². The Morgan fingerprint density at radius 3 is 2.43 bits per heavy atom. The minimum absolute atomic E-state index is 0.215. The topological polar surface area (TPSA) is 72.1 Å². The number of rotatable bonds is 8. The summed E-state index contributed by atoms with van der Waals surface area (Å²) in [6.45, 7) is 4.33. The van der Waals surface area contributed by atoms with E-state index >= 15 is 0 Å². The van der Waals surface area contributed by atoms with Gasteiger partial charge in [0.25, 0.3) is 5.91 Å². The minimum Gasteiger partial charge on any atom is -0.388 e. The van der Waals surface area contributed by atoms with Gasteiger partial charge < -0.3 is 15.0 Å². The van der Waals surface area contributed by atoms with Gasteiger partial charge in [0.2, 0.25) is 0 Å². The van der Waals surface area contributed by atoms with Gasteiger partial charge in [0.05, 0.1) is 11.8 Å². The van der Waals surface area contributed by atoms with Crippen LogP contribution in [0.5, 0.6) is 0 Å². The highest BCUT2D eigenvalue weighted by Gasteiger charge is 2.26. The fourth-order valence-corrected chi connectivity index (χ4v) is 2.95. The summed E-state index contributed by atoms with van der Waals surface area (Å²) in [6.07, 6.45) is 8.43. The van der Waals surface area contributed by atoms with Crippen LogP contribution in [-0.2, 0) is 7.05 Å². The zero-order chi connectivity index (χ0) is 16.9. The van der Waals surface area contributed by atoms with Crippen molar-refractivity contribution in [1.29, 1.82) is 0 Å². The second-order valence-corrected chi connectivity index (χ2v) is 6.00. The Balaban J connectivity index is 2.13. The molecule has 126 valence electrons. The fourth-order valence-electron chi connectivity index (χ4n) is 2.95. The van der Waals surface area contributed by atoms with Crippen molar-refractivity contribution in [2.75, 3.05) is 6.54 Å². The summed E-state index contributed by atoms with van der Waals surface area (Å²) in [7, 11) is 1.80. The molecule has 0 radical (unpaired) electrons. The third kappa shape index (κ3) is 4.01. The van der Waals surface area contributed by atoms with Crippen molar-refractivity contribution < 1.29 is 9.90 Å². The molecule has 2 aromatic heterocycles. The van der Waals surface area contributed by atoms with E-state index in [2.05, 4.69) is 10.4 Å². The molecule has 2 aromatic rings. The van der Waals surface area contributed by atoms with Crippen molar-refractivity contribution in [3.8, 4) is 5.82 Å². The highest BCUT2D eigenvalue weighted by molar-refractivity contribution is 5.97. The largest absolute Gasteiger partial charge is 0.388 e. The Morgan fingerprint density at radius 2 is 1.87 bits per heavy atom. The third-order valence-electron chi connectivity index (χ3n) is 4.01. The van der Waals surface area contributed by atoms with Crippen molar-refractivity contribution in [2.24, 2.45) is 7.05 Å². The average Bonchev–Trinajstić information content (AvgIpc) is 3.14. The van der Waals surface area contributed by atoms with Crippen LogP contribution in [0.1, 0.15) is 49.9 Å². The Hall–Kier alpha value is -2.08. The van der Waals surface area contributed by atoms with E-state index in [1.165, 1.54) is 0 Å².